The number of methoxy groups -OCH3 is 1. The molecule has 1 saturated carbocycles. The number of rotatable bonds is 3. The molecule has 1 aromatic heterocycles. The van der Waals surface area contributed by atoms with E-state index in [1.807, 2.05) is 0 Å². The summed E-state index contributed by atoms with van der Waals surface area (Å²) in [5.74, 6) is 1.27. The van der Waals surface area contributed by atoms with Crippen LogP contribution in [0, 0.1) is 0 Å². The van der Waals surface area contributed by atoms with Crippen molar-refractivity contribution in [2.24, 2.45) is 5.73 Å². The van der Waals surface area contributed by atoms with Gasteiger partial charge in [-0.25, -0.2) is 0 Å². The lowest BCUT2D eigenvalue weighted by Crippen LogP contribution is -2.39. The fraction of sp³-hybridized carbons (Fsp3) is 0.667. The van der Waals surface area contributed by atoms with Crippen LogP contribution in [-0.2, 0) is 0 Å². The molecule has 1 aliphatic carbocycles. The highest BCUT2D eigenvalue weighted by molar-refractivity contribution is 5.35. The van der Waals surface area contributed by atoms with Crippen LogP contribution in [0.3, 0.4) is 0 Å². The first-order valence-electron chi connectivity index (χ1n) is 6.18. The van der Waals surface area contributed by atoms with Crippen molar-refractivity contribution in [3.8, 4) is 5.88 Å². The zero-order valence-electron chi connectivity index (χ0n) is 10.2. The number of hydrogen-bond donors (Lipinski definition) is 2. The Labute approximate surface area is 102 Å². The molecule has 0 aromatic carbocycles. The molecule has 0 aliphatic heterocycles. The van der Waals surface area contributed by atoms with Gasteiger partial charge in [-0.2, -0.15) is 4.98 Å². The molecular weight excluding hydrogens is 216 g/mol. The van der Waals surface area contributed by atoms with Gasteiger partial charge in [0.2, 0.25) is 5.88 Å². The zero-order valence-corrected chi connectivity index (χ0v) is 10.2. The van der Waals surface area contributed by atoms with Gasteiger partial charge in [-0.05, 0) is 12.8 Å². The SMILES string of the molecule is COc1cncc(NC2CCCCCC2N)n1. The molecule has 1 heterocycles. The number of hydrogen-bond acceptors (Lipinski definition) is 5. The third-order valence-corrected chi connectivity index (χ3v) is 3.22. The fourth-order valence-electron chi connectivity index (χ4n) is 2.22. The van der Waals surface area contributed by atoms with Gasteiger partial charge in [-0.1, -0.05) is 19.3 Å². The molecule has 1 aliphatic rings. The molecule has 0 amide bonds. The monoisotopic (exact) mass is 236 g/mol. The van der Waals surface area contributed by atoms with Crippen molar-refractivity contribution in [1.29, 1.82) is 0 Å². The number of ether oxygens (including phenoxy) is 1. The summed E-state index contributed by atoms with van der Waals surface area (Å²) < 4.78 is 5.05. The zero-order chi connectivity index (χ0) is 12.1. The average Bonchev–Trinajstić information content (AvgIpc) is 2.55. The molecule has 17 heavy (non-hydrogen) atoms. The summed E-state index contributed by atoms with van der Waals surface area (Å²) >= 11 is 0. The molecule has 0 radical (unpaired) electrons. The second kappa shape index (κ2) is 5.82. The van der Waals surface area contributed by atoms with E-state index in [0.717, 1.165) is 18.7 Å². The van der Waals surface area contributed by atoms with Gasteiger partial charge in [0.1, 0.15) is 5.82 Å². The third kappa shape index (κ3) is 3.30. The van der Waals surface area contributed by atoms with Crippen LogP contribution in [-0.4, -0.2) is 29.2 Å². The fourth-order valence-corrected chi connectivity index (χ4v) is 2.22. The highest BCUT2D eigenvalue weighted by atomic mass is 16.5. The molecule has 5 heteroatoms. The Morgan fingerprint density at radius 2 is 2.12 bits per heavy atom. The smallest absolute Gasteiger partial charge is 0.233 e. The molecule has 3 N–H and O–H groups in total. The minimum Gasteiger partial charge on any atom is -0.480 e. The predicted octanol–water partition coefficient (Wildman–Crippen LogP) is 1.56. The van der Waals surface area contributed by atoms with Crippen molar-refractivity contribution >= 4 is 5.82 Å². The van der Waals surface area contributed by atoms with E-state index in [-0.39, 0.29) is 6.04 Å². The van der Waals surface area contributed by atoms with Gasteiger partial charge in [-0.3, -0.25) is 4.98 Å². The highest BCUT2D eigenvalue weighted by Crippen LogP contribution is 2.20. The van der Waals surface area contributed by atoms with Crippen LogP contribution in [0.1, 0.15) is 32.1 Å². The third-order valence-electron chi connectivity index (χ3n) is 3.22. The summed E-state index contributed by atoms with van der Waals surface area (Å²) in [6.45, 7) is 0. The number of nitrogens with two attached hydrogens (primary N) is 1. The molecule has 1 fully saturated rings. The van der Waals surface area contributed by atoms with Crippen molar-refractivity contribution in [1.82, 2.24) is 9.97 Å². The Morgan fingerprint density at radius 3 is 2.94 bits per heavy atom. The van der Waals surface area contributed by atoms with Gasteiger partial charge in [-0.15, -0.1) is 0 Å². The van der Waals surface area contributed by atoms with E-state index in [1.165, 1.54) is 19.3 Å². The van der Waals surface area contributed by atoms with Crippen LogP contribution >= 0.6 is 0 Å². The van der Waals surface area contributed by atoms with E-state index < -0.39 is 0 Å². The minimum atomic E-state index is 0.200. The highest BCUT2D eigenvalue weighted by Gasteiger charge is 2.20. The molecule has 2 rings (SSSR count). The minimum absolute atomic E-state index is 0.200. The van der Waals surface area contributed by atoms with E-state index in [0.29, 0.717) is 11.9 Å². The molecule has 5 nitrogen and oxygen atoms in total. The van der Waals surface area contributed by atoms with E-state index in [1.54, 1.807) is 19.5 Å². The Bertz CT molecular complexity index is 358. The maximum Gasteiger partial charge on any atom is 0.233 e. The molecule has 0 spiro atoms. The lowest BCUT2D eigenvalue weighted by molar-refractivity contribution is 0.396. The van der Waals surface area contributed by atoms with Crippen LogP contribution in [0.5, 0.6) is 5.88 Å². The largest absolute Gasteiger partial charge is 0.480 e. The van der Waals surface area contributed by atoms with Crippen LogP contribution in [0.4, 0.5) is 5.82 Å². The summed E-state index contributed by atoms with van der Waals surface area (Å²) in [7, 11) is 1.59. The quantitative estimate of drug-likeness (QED) is 0.779. The lowest BCUT2D eigenvalue weighted by atomic mass is 10.0. The predicted molar refractivity (Wildman–Crippen MR) is 67.1 cm³/mol. The summed E-state index contributed by atoms with van der Waals surface area (Å²) in [5, 5.41) is 3.37. The Morgan fingerprint density at radius 1 is 1.29 bits per heavy atom. The van der Waals surface area contributed by atoms with E-state index >= 15 is 0 Å². The van der Waals surface area contributed by atoms with Gasteiger partial charge in [0.05, 0.1) is 19.5 Å². The second-order valence-corrected chi connectivity index (χ2v) is 4.50. The first-order chi connectivity index (χ1) is 8.29. The molecule has 0 bridgehead atoms. The molecule has 94 valence electrons. The van der Waals surface area contributed by atoms with Gasteiger partial charge in [0, 0.05) is 12.1 Å². The van der Waals surface area contributed by atoms with Gasteiger partial charge >= 0.3 is 0 Å². The Balaban J connectivity index is 2.02. The number of aromatic nitrogens is 2. The van der Waals surface area contributed by atoms with E-state index in [4.69, 9.17) is 10.5 Å². The molecule has 0 saturated heterocycles. The lowest BCUT2D eigenvalue weighted by Gasteiger charge is -2.23. The normalized spacial score (nSPS) is 25.1. The van der Waals surface area contributed by atoms with E-state index in [9.17, 15) is 0 Å². The van der Waals surface area contributed by atoms with E-state index in [2.05, 4.69) is 15.3 Å². The van der Waals surface area contributed by atoms with Crippen LogP contribution in [0.25, 0.3) is 0 Å². The maximum atomic E-state index is 6.16. The van der Waals surface area contributed by atoms with Crippen molar-refractivity contribution in [2.45, 2.75) is 44.2 Å². The molecular formula is C12H20N4O. The standard InChI is InChI=1S/C12H20N4O/c1-17-12-8-14-7-11(16-12)15-10-6-4-2-3-5-9(10)13/h7-10H,2-6,13H2,1H3,(H,15,16). The molecule has 2 atom stereocenters. The molecule has 1 aromatic rings. The number of nitrogens with one attached hydrogen (secondary N) is 1. The van der Waals surface area contributed by atoms with Crippen LogP contribution in [0.2, 0.25) is 0 Å². The average molecular weight is 236 g/mol. The van der Waals surface area contributed by atoms with Gasteiger partial charge in [0.25, 0.3) is 0 Å². The van der Waals surface area contributed by atoms with Crippen LogP contribution < -0.4 is 15.8 Å². The molecule has 2 unspecified atom stereocenters. The first-order valence-corrected chi connectivity index (χ1v) is 6.18. The number of anilines is 1. The summed E-state index contributed by atoms with van der Waals surface area (Å²) in [4.78, 5) is 8.38. The Hall–Kier alpha value is -1.36. The Kier molecular flexibility index (Phi) is 4.14. The summed E-state index contributed by atoms with van der Waals surface area (Å²) in [6.07, 6.45) is 9.20. The van der Waals surface area contributed by atoms with Crippen molar-refractivity contribution < 1.29 is 4.74 Å². The number of nitrogens with zero attached hydrogens (tertiary/aromatic N) is 2. The topological polar surface area (TPSA) is 73.1 Å². The first kappa shape index (κ1) is 12.1. The second-order valence-electron chi connectivity index (χ2n) is 4.50. The van der Waals surface area contributed by atoms with Gasteiger partial charge < -0.3 is 15.8 Å². The van der Waals surface area contributed by atoms with Crippen molar-refractivity contribution in [2.75, 3.05) is 12.4 Å². The van der Waals surface area contributed by atoms with Crippen molar-refractivity contribution in [3.05, 3.63) is 12.4 Å². The van der Waals surface area contributed by atoms with Crippen molar-refractivity contribution in [3.63, 3.8) is 0 Å². The maximum absolute atomic E-state index is 6.16. The van der Waals surface area contributed by atoms with Crippen LogP contribution in [0.15, 0.2) is 12.4 Å². The van der Waals surface area contributed by atoms with Gasteiger partial charge in [0.15, 0.2) is 0 Å². The summed E-state index contributed by atoms with van der Waals surface area (Å²) in [5.41, 5.74) is 6.16. The summed E-state index contributed by atoms with van der Waals surface area (Å²) in [6, 6.07) is 0.490.